The second kappa shape index (κ2) is 6.36. The third-order valence-electron chi connectivity index (χ3n) is 3.81. The van der Waals surface area contributed by atoms with Crippen molar-refractivity contribution in [2.24, 2.45) is 5.92 Å². The molecule has 1 aliphatic carbocycles. The lowest BCUT2D eigenvalue weighted by Crippen LogP contribution is -2.28. The van der Waals surface area contributed by atoms with Gasteiger partial charge in [-0.05, 0) is 57.7 Å². The molecule has 1 saturated heterocycles. The largest absolute Gasteiger partial charge is 0.481 e. The SMILES string of the molecule is O=C(O)CCCCNCC1CCN(C2CC2)C1. The summed E-state index contributed by atoms with van der Waals surface area (Å²) in [4.78, 5) is 13.0. The fraction of sp³-hybridized carbons (Fsp3) is 0.923. The number of carboxylic acid groups (broad SMARTS) is 1. The molecule has 0 bridgehead atoms. The van der Waals surface area contributed by atoms with Crippen molar-refractivity contribution in [3.63, 3.8) is 0 Å². The summed E-state index contributed by atoms with van der Waals surface area (Å²) in [6.07, 6.45) is 6.23. The molecule has 1 heterocycles. The van der Waals surface area contributed by atoms with Crippen LogP contribution in [0.2, 0.25) is 0 Å². The first-order chi connectivity index (χ1) is 8.25. The number of hydrogen-bond acceptors (Lipinski definition) is 3. The zero-order chi connectivity index (χ0) is 12.1. The highest BCUT2D eigenvalue weighted by Crippen LogP contribution is 2.31. The topological polar surface area (TPSA) is 52.6 Å². The van der Waals surface area contributed by atoms with Gasteiger partial charge in [0.15, 0.2) is 0 Å². The Morgan fingerprint density at radius 2 is 2.12 bits per heavy atom. The molecule has 2 rings (SSSR count). The first-order valence-electron chi connectivity index (χ1n) is 6.92. The maximum Gasteiger partial charge on any atom is 0.303 e. The average molecular weight is 240 g/mol. The highest BCUT2D eigenvalue weighted by atomic mass is 16.4. The molecule has 1 saturated carbocycles. The van der Waals surface area contributed by atoms with Gasteiger partial charge in [0.2, 0.25) is 0 Å². The maximum absolute atomic E-state index is 10.3. The Morgan fingerprint density at radius 1 is 1.29 bits per heavy atom. The van der Waals surface area contributed by atoms with Gasteiger partial charge in [0.05, 0.1) is 0 Å². The van der Waals surface area contributed by atoms with E-state index in [9.17, 15) is 4.79 Å². The number of unbranched alkanes of at least 4 members (excludes halogenated alkanes) is 1. The Labute approximate surface area is 103 Å². The molecule has 2 fully saturated rings. The number of nitrogens with zero attached hydrogens (tertiary/aromatic N) is 1. The molecule has 17 heavy (non-hydrogen) atoms. The number of likely N-dealkylation sites (tertiary alicyclic amines) is 1. The molecule has 0 aromatic heterocycles. The second-order valence-electron chi connectivity index (χ2n) is 5.44. The molecule has 1 atom stereocenters. The van der Waals surface area contributed by atoms with Gasteiger partial charge in [-0.1, -0.05) is 0 Å². The normalized spacial score (nSPS) is 25.3. The van der Waals surface area contributed by atoms with Gasteiger partial charge in [0, 0.05) is 19.0 Å². The highest BCUT2D eigenvalue weighted by molar-refractivity contribution is 5.66. The van der Waals surface area contributed by atoms with E-state index in [0.29, 0.717) is 6.42 Å². The van der Waals surface area contributed by atoms with E-state index in [1.807, 2.05) is 0 Å². The first-order valence-corrected chi connectivity index (χ1v) is 6.92. The number of hydrogen-bond donors (Lipinski definition) is 2. The first kappa shape index (κ1) is 12.8. The summed E-state index contributed by atoms with van der Waals surface area (Å²) < 4.78 is 0. The van der Waals surface area contributed by atoms with Gasteiger partial charge in [-0.3, -0.25) is 4.79 Å². The minimum absolute atomic E-state index is 0.306. The van der Waals surface area contributed by atoms with Crippen LogP contribution in [0.1, 0.15) is 38.5 Å². The van der Waals surface area contributed by atoms with E-state index in [2.05, 4.69) is 10.2 Å². The predicted molar refractivity (Wildman–Crippen MR) is 67.1 cm³/mol. The summed E-state index contributed by atoms with van der Waals surface area (Å²) in [6, 6.07) is 0.913. The van der Waals surface area contributed by atoms with Crippen LogP contribution in [-0.2, 0) is 4.79 Å². The van der Waals surface area contributed by atoms with E-state index in [1.165, 1.54) is 32.4 Å². The number of carbonyl (C=O) groups is 1. The van der Waals surface area contributed by atoms with E-state index >= 15 is 0 Å². The summed E-state index contributed by atoms with van der Waals surface area (Å²) in [7, 11) is 0. The van der Waals surface area contributed by atoms with E-state index in [1.54, 1.807) is 0 Å². The molecule has 1 unspecified atom stereocenters. The van der Waals surface area contributed by atoms with Crippen molar-refractivity contribution < 1.29 is 9.90 Å². The number of aliphatic carboxylic acids is 1. The Bertz CT molecular complexity index is 254. The van der Waals surface area contributed by atoms with Crippen LogP contribution in [0.3, 0.4) is 0 Å². The molecule has 0 spiro atoms. The monoisotopic (exact) mass is 240 g/mol. The van der Waals surface area contributed by atoms with Gasteiger partial charge in [-0.2, -0.15) is 0 Å². The Kier molecular flexibility index (Phi) is 4.80. The maximum atomic E-state index is 10.3. The zero-order valence-corrected chi connectivity index (χ0v) is 10.5. The molecule has 1 aliphatic heterocycles. The third kappa shape index (κ3) is 4.64. The van der Waals surface area contributed by atoms with Crippen molar-refractivity contribution in [1.29, 1.82) is 0 Å². The summed E-state index contributed by atoms with van der Waals surface area (Å²) in [5, 5.41) is 12.0. The van der Waals surface area contributed by atoms with Crippen LogP contribution >= 0.6 is 0 Å². The Hall–Kier alpha value is -0.610. The van der Waals surface area contributed by atoms with Crippen LogP contribution in [0.4, 0.5) is 0 Å². The molecule has 0 aromatic rings. The minimum atomic E-state index is -0.680. The molecule has 0 aromatic carbocycles. The molecular weight excluding hydrogens is 216 g/mol. The minimum Gasteiger partial charge on any atom is -0.481 e. The highest BCUT2D eigenvalue weighted by Gasteiger charge is 2.33. The quantitative estimate of drug-likeness (QED) is 0.628. The van der Waals surface area contributed by atoms with Crippen molar-refractivity contribution in [3.8, 4) is 0 Å². The fourth-order valence-corrected chi connectivity index (χ4v) is 2.63. The van der Waals surface area contributed by atoms with Crippen LogP contribution in [0.25, 0.3) is 0 Å². The van der Waals surface area contributed by atoms with Gasteiger partial charge in [-0.25, -0.2) is 0 Å². The van der Waals surface area contributed by atoms with Crippen molar-refractivity contribution >= 4 is 5.97 Å². The molecule has 0 amide bonds. The lowest BCUT2D eigenvalue weighted by Gasteiger charge is -2.15. The van der Waals surface area contributed by atoms with Crippen LogP contribution in [0, 0.1) is 5.92 Å². The lowest BCUT2D eigenvalue weighted by atomic mass is 10.1. The van der Waals surface area contributed by atoms with Crippen LogP contribution in [-0.4, -0.2) is 48.2 Å². The molecule has 2 N–H and O–H groups in total. The van der Waals surface area contributed by atoms with E-state index in [0.717, 1.165) is 37.9 Å². The van der Waals surface area contributed by atoms with Crippen molar-refractivity contribution in [2.45, 2.75) is 44.6 Å². The zero-order valence-electron chi connectivity index (χ0n) is 10.5. The van der Waals surface area contributed by atoms with Gasteiger partial charge >= 0.3 is 5.97 Å². The third-order valence-corrected chi connectivity index (χ3v) is 3.81. The molecule has 98 valence electrons. The Morgan fingerprint density at radius 3 is 2.82 bits per heavy atom. The number of rotatable bonds is 8. The molecule has 4 heteroatoms. The smallest absolute Gasteiger partial charge is 0.303 e. The van der Waals surface area contributed by atoms with E-state index in [-0.39, 0.29) is 0 Å². The number of nitrogens with one attached hydrogen (secondary N) is 1. The van der Waals surface area contributed by atoms with Crippen LogP contribution in [0.5, 0.6) is 0 Å². The molecular formula is C13H24N2O2. The summed E-state index contributed by atoms with van der Waals surface area (Å²) in [5.41, 5.74) is 0. The average Bonchev–Trinajstić information content (AvgIpc) is 3.04. The fourth-order valence-electron chi connectivity index (χ4n) is 2.63. The van der Waals surface area contributed by atoms with Crippen LogP contribution in [0.15, 0.2) is 0 Å². The molecule has 2 aliphatic rings. The molecule has 0 radical (unpaired) electrons. The van der Waals surface area contributed by atoms with E-state index < -0.39 is 5.97 Å². The van der Waals surface area contributed by atoms with Crippen LogP contribution < -0.4 is 5.32 Å². The standard InChI is InChI=1S/C13H24N2O2/c16-13(17)3-1-2-7-14-9-11-6-8-15(10-11)12-4-5-12/h11-12,14H,1-10H2,(H,16,17). The number of carboxylic acids is 1. The van der Waals surface area contributed by atoms with Gasteiger partial charge in [0.25, 0.3) is 0 Å². The van der Waals surface area contributed by atoms with Crippen molar-refractivity contribution in [2.75, 3.05) is 26.2 Å². The molecule has 4 nitrogen and oxygen atoms in total. The van der Waals surface area contributed by atoms with Crippen molar-refractivity contribution in [1.82, 2.24) is 10.2 Å². The summed E-state index contributed by atoms with van der Waals surface area (Å²) >= 11 is 0. The summed E-state index contributed by atoms with van der Waals surface area (Å²) in [6.45, 7) is 4.63. The van der Waals surface area contributed by atoms with Gasteiger partial charge in [-0.15, -0.1) is 0 Å². The van der Waals surface area contributed by atoms with Gasteiger partial charge in [0.1, 0.15) is 0 Å². The van der Waals surface area contributed by atoms with E-state index in [4.69, 9.17) is 5.11 Å². The lowest BCUT2D eigenvalue weighted by molar-refractivity contribution is -0.137. The summed E-state index contributed by atoms with van der Waals surface area (Å²) in [5.74, 6) is 0.135. The van der Waals surface area contributed by atoms with Crippen molar-refractivity contribution in [3.05, 3.63) is 0 Å². The second-order valence-corrected chi connectivity index (χ2v) is 5.44. The Balaban J connectivity index is 1.44. The predicted octanol–water partition coefficient (Wildman–Crippen LogP) is 1.32. The van der Waals surface area contributed by atoms with Gasteiger partial charge < -0.3 is 15.3 Å².